The quantitative estimate of drug-likeness (QED) is 0.877. The van der Waals surface area contributed by atoms with Crippen LogP contribution in [0, 0.1) is 0 Å². The number of hydrogen-bond donors (Lipinski definition) is 1. The van der Waals surface area contributed by atoms with Gasteiger partial charge in [-0.25, -0.2) is 0 Å². The Balaban J connectivity index is 2.08. The van der Waals surface area contributed by atoms with Gasteiger partial charge < -0.3 is 10.1 Å². The predicted molar refractivity (Wildman–Crippen MR) is 76.5 cm³/mol. The zero-order valence-corrected chi connectivity index (χ0v) is 12.2. The van der Waals surface area contributed by atoms with Gasteiger partial charge in [0.15, 0.2) is 5.01 Å². The molecule has 0 saturated carbocycles. The molecule has 0 bridgehead atoms. The molecule has 0 unspecified atom stereocenters. The standard InChI is InChI=1S/C13H18N4OS/c1-9(2)15-7-5-12-16-17-13(19-12)10-4-6-14-8-11(10)18-3/h4,6,8-9,15H,5,7H2,1-3H3. The Hall–Kier alpha value is -1.53. The number of nitrogens with zero attached hydrogens (tertiary/aromatic N) is 3. The van der Waals surface area contributed by atoms with Gasteiger partial charge in [0.1, 0.15) is 10.8 Å². The molecule has 6 heteroatoms. The molecule has 2 aromatic heterocycles. The van der Waals surface area contributed by atoms with Crippen molar-refractivity contribution in [3.05, 3.63) is 23.5 Å². The van der Waals surface area contributed by atoms with Gasteiger partial charge in [-0.15, -0.1) is 10.2 Å². The molecule has 0 amide bonds. The van der Waals surface area contributed by atoms with Crippen LogP contribution in [0.4, 0.5) is 0 Å². The molecule has 2 rings (SSSR count). The highest BCUT2D eigenvalue weighted by molar-refractivity contribution is 7.14. The van der Waals surface area contributed by atoms with E-state index in [9.17, 15) is 0 Å². The summed E-state index contributed by atoms with van der Waals surface area (Å²) in [7, 11) is 1.63. The third kappa shape index (κ3) is 3.71. The van der Waals surface area contributed by atoms with E-state index in [-0.39, 0.29) is 0 Å². The normalized spacial score (nSPS) is 10.9. The van der Waals surface area contributed by atoms with Crippen LogP contribution in [0.15, 0.2) is 18.5 Å². The van der Waals surface area contributed by atoms with Gasteiger partial charge >= 0.3 is 0 Å². The lowest BCUT2D eigenvalue weighted by atomic mass is 10.2. The van der Waals surface area contributed by atoms with Crippen LogP contribution in [0.3, 0.4) is 0 Å². The maximum atomic E-state index is 5.29. The molecule has 5 nitrogen and oxygen atoms in total. The summed E-state index contributed by atoms with van der Waals surface area (Å²) in [6, 6.07) is 2.39. The van der Waals surface area contributed by atoms with Crippen molar-refractivity contribution in [2.75, 3.05) is 13.7 Å². The van der Waals surface area contributed by atoms with Crippen LogP contribution in [0.5, 0.6) is 5.75 Å². The molecule has 2 heterocycles. The molecule has 0 atom stereocenters. The fourth-order valence-electron chi connectivity index (χ4n) is 1.65. The molecule has 0 saturated heterocycles. The molecule has 102 valence electrons. The highest BCUT2D eigenvalue weighted by Gasteiger charge is 2.11. The second-order valence-electron chi connectivity index (χ2n) is 4.44. The Bertz CT molecular complexity index is 527. The fourth-order valence-corrected chi connectivity index (χ4v) is 2.52. The highest BCUT2D eigenvalue weighted by atomic mass is 32.1. The zero-order chi connectivity index (χ0) is 13.7. The number of nitrogens with one attached hydrogen (secondary N) is 1. The summed E-state index contributed by atoms with van der Waals surface area (Å²) < 4.78 is 5.29. The van der Waals surface area contributed by atoms with Gasteiger partial charge in [0.05, 0.1) is 18.9 Å². The van der Waals surface area contributed by atoms with Crippen molar-refractivity contribution in [3.63, 3.8) is 0 Å². The number of hydrogen-bond acceptors (Lipinski definition) is 6. The predicted octanol–water partition coefficient (Wildman–Crippen LogP) is 2.15. The first kappa shape index (κ1) is 13.9. The number of methoxy groups -OCH3 is 1. The van der Waals surface area contributed by atoms with E-state index < -0.39 is 0 Å². The van der Waals surface area contributed by atoms with Crippen LogP contribution in [0.2, 0.25) is 0 Å². The van der Waals surface area contributed by atoms with Crippen LogP contribution in [-0.2, 0) is 6.42 Å². The van der Waals surface area contributed by atoms with Gasteiger partial charge in [-0.1, -0.05) is 25.2 Å². The molecule has 0 spiro atoms. The summed E-state index contributed by atoms with van der Waals surface area (Å²) in [6.45, 7) is 5.18. The average Bonchev–Trinajstić information content (AvgIpc) is 2.87. The monoisotopic (exact) mass is 278 g/mol. The first-order chi connectivity index (χ1) is 9.20. The van der Waals surface area contributed by atoms with E-state index in [2.05, 4.69) is 34.3 Å². The maximum Gasteiger partial charge on any atom is 0.151 e. The van der Waals surface area contributed by atoms with Crippen LogP contribution in [0.1, 0.15) is 18.9 Å². The molecule has 2 aromatic rings. The molecule has 0 radical (unpaired) electrons. The van der Waals surface area contributed by atoms with E-state index in [0.29, 0.717) is 6.04 Å². The Morgan fingerprint density at radius 2 is 2.21 bits per heavy atom. The Morgan fingerprint density at radius 1 is 1.37 bits per heavy atom. The summed E-state index contributed by atoms with van der Waals surface area (Å²) in [5.74, 6) is 0.727. The highest BCUT2D eigenvalue weighted by Crippen LogP contribution is 2.30. The van der Waals surface area contributed by atoms with Crippen molar-refractivity contribution < 1.29 is 4.74 Å². The minimum Gasteiger partial charge on any atom is -0.494 e. The Kier molecular flexibility index (Phi) is 4.81. The van der Waals surface area contributed by atoms with Crippen LogP contribution >= 0.6 is 11.3 Å². The van der Waals surface area contributed by atoms with E-state index in [4.69, 9.17) is 4.74 Å². The van der Waals surface area contributed by atoms with Gasteiger partial charge in [0.25, 0.3) is 0 Å². The third-order valence-electron chi connectivity index (χ3n) is 2.59. The van der Waals surface area contributed by atoms with Crippen molar-refractivity contribution in [2.24, 2.45) is 0 Å². The lowest BCUT2D eigenvalue weighted by Gasteiger charge is -2.05. The summed E-state index contributed by atoms with van der Waals surface area (Å²) in [5.41, 5.74) is 0.943. The second-order valence-corrected chi connectivity index (χ2v) is 5.50. The molecule has 0 aliphatic heterocycles. The molecule has 1 N–H and O–H groups in total. The van der Waals surface area contributed by atoms with E-state index in [1.165, 1.54) is 0 Å². The molecule has 0 fully saturated rings. The van der Waals surface area contributed by atoms with Gasteiger partial charge in [0.2, 0.25) is 0 Å². The minimum absolute atomic E-state index is 0.493. The third-order valence-corrected chi connectivity index (χ3v) is 3.61. The Morgan fingerprint density at radius 3 is 2.95 bits per heavy atom. The van der Waals surface area contributed by atoms with Gasteiger partial charge in [-0.3, -0.25) is 4.98 Å². The number of aromatic nitrogens is 3. The number of rotatable bonds is 6. The summed E-state index contributed by atoms with van der Waals surface area (Å²) >= 11 is 1.60. The van der Waals surface area contributed by atoms with Gasteiger partial charge in [-0.05, 0) is 6.07 Å². The van der Waals surface area contributed by atoms with Gasteiger partial charge in [0, 0.05) is 25.2 Å². The largest absolute Gasteiger partial charge is 0.494 e. The summed E-state index contributed by atoms with van der Waals surface area (Å²) in [5, 5.41) is 13.7. The van der Waals surface area contributed by atoms with Crippen LogP contribution < -0.4 is 10.1 Å². The smallest absolute Gasteiger partial charge is 0.151 e. The topological polar surface area (TPSA) is 59.9 Å². The fraction of sp³-hybridized carbons (Fsp3) is 0.462. The minimum atomic E-state index is 0.493. The summed E-state index contributed by atoms with van der Waals surface area (Å²) in [6.07, 6.45) is 4.32. The van der Waals surface area contributed by atoms with E-state index >= 15 is 0 Å². The van der Waals surface area contributed by atoms with E-state index in [1.54, 1.807) is 30.8 Å². The van der Waals surface area contributed by atoms with Crippen molar-refractivity contribution in [1.29, 1.82) is 0 Å². The molecular formula is C13H18N4OS. The maximum absolute atomic E-state index is 5.29. The average molecular weight is 278 g/mol. The first-order valence-corrected chi connectivity index (χ1v) is 7.06. The SMILES string of the molecule is COc1cnccc1-c1nnc(CCNC(C)C)s1. The lowest BCUT2D eigenvalue weighted by molar-refractivity contribution is 0.414. The summed E-state index contributed by atoms with van der Waals surface area (Å²) in [4.78, 5) is 4.04. The second kappa shape index (κ2) is 6.58. The first-order valence-electron chi connectivity index (χ1n) is 6.25. The van der Waals surface area contributed by atoms with Crippen molar-refractivity contribution >= 4 is 11.3 Å². The number of ether oxygens (including phenoxy) is 1. The molecule has 0 aliphatic rings. The van der Waals surface area contributed by atoms with Crippen molar-refractivity contribution in [2.45, 2.75) is 26.3 Å². The van der Waals surface area contributed by atoms with E-state index in [1.807, 2.05) is 6.07 Å². The van der Waals surface area contributed by atoms with Crippen molar-refractivity contribution in [1.82, 2.24) is 20.5 Å². The molecule has 0 aromatic carbocycles. The zero-order valence-electron chi connectivity index (χ0n) is 11.4. The molecular weight excluding hydrogens is 260 g/mol. The van der Waals surface area contributed by atoms with Crippen LogP contribution in [-0.4, -0.2) is 34.9 Å². The number of pyridine rings is 1. The Labute approximate surface area is 117 Å². The molecule has 19 heavy (non-hydrogen) atoms. The lowest BCUT2D eigenvalue weighted by Crippen LogP contribution is -2.24. The molecule has 0 aliphatic carbocycles. The van der Waals surface area contributed by atoms with Gasteiger partial charge in [-0.2, -0.15) is 0 Å². The van der Waals surface area contributed by atoms with E-state index in [0.717, 1.165) is 34.3 Å². The van der Waals surface area contributed by atoms with Crippen molar-refractivity contribution in [3.8, 4) is 16.3 Å². The van der Waals surface area contributed by atoms with Crippen LogP contribution in [0.25, 0.3) is 10.6 Å².